The fourth-order valence-corrected chi connectivity index (χ4v) is 10.3. The smallest absolute Gasteiger partial charge is 0.331 e. The molecule has 0 radical (unpaired) electrons. The van der Waals surface area contributed by atoms with Crippen molar-refractivity contribution in [2.45, 2.75) is 127 Å². The molecule has 0 unspecified atom stereocenters. The molecule has 6 aliphatic rings. The van der Waals surface area contributed by atoms with E-state index in [4.69, 9.17) is 23.7 Å². The first-order valence-electron chi connectivity index (χ1n) is 15.6. The summed E-state index contributed by atoms with van der Waals surface area (Å²) in [6.45, 7) is 5.64. The second kappa shape index (κ2) is 10.6. The highest BCUT2D eigenvalue weighted by molar-refractivity contribution is 5.85. The van der Waals surface area contributed by atoms with Gasteiger partial charge in [-0.2, -0.15) is 5.26 Å². The maximum absolute atomic E-state index is 12.4. The Balaban J connectivity index is 1.18. The topological polar surface area (TPSA) is 145 Å². The summed E-state index contributed by atoms with van der Waals surface area (Å²) in [5.41, 5.74) is -2.59. The molecule has 10 heteroatoms. The van der Waals surface area contributed by atoms with Gasteiger partial charge in [-0.3, -0.25) is 4.79 Å². The summed E-state index contributed by atoms with van der Waals surface area (Å²) < 4.78 is 28.7. The van der Waals surface area contributed by atoms with Crippen molar-refractivity contribution in [1.82, 2.24) is 0 Å². The normalized spacial score (nSPS) is 50.0. The van der Waals surface area contributed by atoms with E-state index in [0.717, 1.165) is 24.8 Å². The molecule has 4 aliphatic carbocycles. The Hall–Kier alpha value is -2.03. The summed E-state index contributed by atoms with van der Waals surface area (Å²) in [6.07, 6.45) is 5.16. The van der Waals surface area contributed by atoms with Crippen molar-refractivity contribution >= 4 is 11.9 Å². The van der Waals surface area contributed by atoms with Crippen LogP contribution in [0.4, 0.5) is 0 Å². The zero-order valence-electron chi connectivity index (χ0n) is 25.2. The number of nitrogens with zero attached hydrogens (tertiary/aromatic N) is 1. The van der Waals surface area contributed by atoms with Crippen molar-refractivity contribution in [3.63, 3.8) is 0 Å². The largest absolute Gasteiger partial charge is 0.458 e. The van der Waals surface area contributed by atoms with Gasteiger partial charge >= 0.3 is 11.9 Å². The van der Waals surface area contributed by atoms with Crippen molar-refractivity contribution in [2.75, 3.05) is 13.7 Å². The van der Waals surface area contributed by atoms with Crippen LogP contribution in [0.5, 0.6) is 0 Å². The number of esters is 2. The van der Waals surface area contributed by atoms with Crippen molar-refractivity contribution < 1.29 is 43.5 Å². The maximum Gasteiger partial charge on any atom is 0.331 e. The van der Waals surface area contributed by atoms with Gasteiger partial charge < -0.3 is 33.9 Å². The number of carbonyl (C=O) groups excluding carboxylic acids is 2. The average Bonchev–Trinajstić information content (AvgIpc) is 3.48. The molecule has 0 aromatic heterocycles. The van der Waals surface area contributed by atoms with Crippen LogP contribution in [0.25, 0.3) is 0 Å². The summed E-state index contributed by atoms with van der Waals surface area (Å²) in [5, 5.41) is 35.4. The van der Waals surface area contributed by atoms with Gasteiger partial charge in [0.25, 0.3) is 0 Å². The van der Waals surface area contributed by atoms with E-state index >= 15 is 0 Å². The number of carbonyl (C=O) groups is 2. The van der Waals surface area contributed by atoms with E-state index in [1.807, 2.05) is 6.92 Å². The second-order valence-corrected chi connectivity index (χ2v) is 14.0. The van der Waals surface area contributed by atoms with Crippen LogP contribution >= 0.6 is 0 Å². The van der Waals surface area contributed by atoms with E-state index < -0.39 is 46.5 Å². The number of fused-ring (bicyclic) bond motifs is 5. The fourth-order valence-electron chi connectivity index (χ4n) is 10.3. The first kappa shape index (κ1) is 30.0. The van der Waals surface area contributed by atoms with E-state index in [1.54, 1.807) is 13.2 Å². The highest BCUT2D eigenvalue weighted by Gasteiger charge is 2.72. The standard InChI is InChI=1S/C32H45NO9/c1-18-28(41-19(2)34)25(38-4)14-27(40-18)42-21-5-10-30(17-33)23-6-9-29(3)22(20-13-26(35)39-16-20)8-12-32(29,37)24(23)7-11-31(30,36)15-21/h13,18,21-25,27-28,36-37H,5-12,14-16H2,1-4H3/t18-,21-,22+,23-,24-,25-,27+,28-,29-,30+,31+,32+/m1/s1. The molecule has 2 heterocycles. The summed E-state index contributed by atoms with van der Waals surface area (Å²) in [4.78, 5) is 23.4. The Morgan fingerprint density at radius 2 is 1.88 bits per heavy atom. The van der Waals surface area contributed by atoms with Gasteiger partial charge in [-0.25, -0.2) is 4.79 Å². The van der Waals surface area contributed by atoms with Gasteiger partial charge in [0.05, 0.1) is 34.9 Å². The molecule has 232 valence electrons. The number of hydrogen-bond donors (Lipinski definition) is 2. The predicted molar refractivity (Wildman–Crippen MR) is 147 cm³/mol. The van der Waals surface area contributed by atoms with Crippen LogP contribution in [0, 0.1) is 39.9 Å². The summed E-state index contributed by atoms with van der Waals surface area (Å²) in [5.74, 6) is -0.844. The molecule has 1 saturated heterocycles. The molecule has 2 N–H and O–H groups in total. The molecule has 0 amide bonds. The predicted octanol–water partition coefficient (Wildman–Crippen LogP) is 3.33. The molecule has 10 nitrogen and oxygen atoms in total. The van der Waals surface area contributed by atoms with Crippen molar-refractivity contribution in [2.24, 2.45) is 28.6 Å². The highest BCUT2D eigenvalue weighted by Crippen LogP contribution is 2.70. The molecular weight excluding hydrogens is 542 g/mol. The van der Waals surface area contributed by atoms with E-state index in [0.29, 0.717) is 51.6 Å². The number of aliphatic hydroxyl groups is 2. The van der Waals surface area contributed by atoms with Crippen LogP contribution in [0.2, 0.25) is 0 Å². The Labute approximate surface area is 247 Å². The van der Waals surface area contributed by atoms with Gasteiger partial charge in [0.15, 0.2) is 12.4 Å². The Bertz CT molecular complexity index is 1180. The lowest BCUT2D eigenvalue weighted by Crippen LogP contribution is -2.68. The molecule has 2 aliphatic heterocycles. The van der Waals surface area contributed by atoms with Gasteiger partial charge in [0, 0.05) is 38.4 Å². The quantitative estimate of drug-likeness (QED) is 0.363. The zero-order chi connectivity index (χ0) is 30.1. The molecule has 42 heavy (non-hydrogen) atoms. The van der Waals surface area contributed by atoms with Gasteiger partial charge in [-0.05, 0) is 81.6 Å². The van der Waals surface area contributed by atoms with E-state index in [9.17, 15) is 25.1 Å². The van der Waals surface area contributed by atoms with Crippen LogP contribution in [-0.2, 0) is 33.3 Å². The Kier molecular flexibility index (Phi) is 7.54. The van der Waals surface area contributed by atoms with Crippen LogP contribution in [0.1, 0.15) is 85.0 Å². The lowest BCUT2D eigenvalue weighted by atomic mass is 9.41. The summed E-state index contributed by atoms with van der Waals surface area (Å²) in [7, 11) is 1.58. The highest BCUT2D eigenvalue weighted by atomic mass is 16.7. The van der Waals surface area contributed by atoms with Gasteiger partial charge in [0.2, 0.25) is 0 Å². The van der Waals surface area contributed by atoms with Gasteiger partial charge in [0.1, 0.15) is 12.7 Å². The maximum atomic E-state index is 12.4. The molecule has 0 aromatic carbocycles. The number of cyclic esters (lactones) is 1. The van der Waals surface area contributed by atoms with E-state index in [1.165, 1.54) is 6.92 Å². The molecule has 0 aromatic rings. The molecule has 4 saturated carbocycles. The lowest BCUT2D eigenvalue weighted by Gasteiger charge is -2.64. The molecule has 0 bridgehead atoms. The minimum absolute atomic E-state index is 0.0761. The van der Waals surface area contributed by atoms with E-state index in [2.05, 4.69) is 13.0 Å². The third-order valence-corrected chi connectivity index (χ3v) is 12.3. The number of rotatable bonds is 5. The first-order valence-corrected chi connectivity index (χ1v) is 15.6. The van der Waals surface area contributed by atoms with Crippen LogP contribution in [-0.4, -0.2) is 77.8 Å². The van der Waals surface area contributed by atoms with Crippen LogP contribution in [0.3, 0.4) is 0 Å². The summed E-state index contributed by atoms with van der Waals surface area (Å²) >= 11 is 0. The van der Waals surface area contributed by atoms with Crippen molar-refractivity contribution in [1.29, 1.82) is 5.26 Å². The Morgan fingerprint density at radius 1 is 1.12 bits per heavy atom. The fraction of sp³-hybridized carbons (Fsp3) is 0.844. The third-order valence-electron chi connectivity index (χ3n) is 12.3. The zero-order valence-corrected chi connectivity index (χ0v) is 25.2. The van der Waals surface area contributed by atoms with Gasteiger partial charge in [-0.1, -0.05) is 6.92 Å². The monoisotopic (exact) mass is 587 g/mol. The third kappa shape index (κ3) is 4.37. The van der Waals surface area contributed by atoms with Crippen LogP contribution < -0.4 is 0 Å². The van der Waals surface area contributed by atoms with Crippen molar-refractivity contribution in [3.05, 3.63) is 11.6 Å². The minimum atomic E-state index is -1.23. The average molecular weight is 588 g/mol. The van der Waals surface area contributed by atoms with E-state index in [-0.39, 0.29) is 35.9 Å². The molecular formula is C32H45NO9. The molecule has 5 fully saturated rings. The molecule has 12 atom stereocenters. The molecule has 6 rings (SSSR count). The molecule has 0 spiro atoms. The number of ether oxygens (including phenoxy) is 5. The second-order valence-electron chi connectivity index (χ2n) is 14.0. The Morgan fingerprint density at radius 3 is 2.55 bits per heavy atom. The SMILES string of the molecule is CO[C@@H]1C[C@H](O[C@@H]2CC[C@]3(C#N)[C@@H]4CC[C@]5(C)[C@H](C6=CC(=O)OC6)CC[C@]5(O)[C@@H]4CC[C@]3(O)C2)O[C@H](C)[C@H]1OC(C)=O. The number of nitriles is 1. The summed E-state index contributed by atoms with van der Waals surface area (Å²) in [6, 6.07) is 2.62. The lowest BCUT2D eigenvalue weighted by molar-refractivity contribution is -0.288. The van der Waals surface area contributed by atoms with Crippen LogP contribution in [0.15, 0.2) is 11.6 Å². The number of hydrogen-bond acceptors (Lipinski definition) is 10. The van der Waals surface area contributed by atoms with Gasteiger partial charge in [-0.15, -0.1) is 0 Å². The minimum Gasteiger partial charge on any atom is -0.458 e. The first-order chi connectivity index (χ1) is 19.9. The number of methoxy groups -OCH3 is 1. The van der Waals surface area contributed by atoms with Crippen molar-refractivity contribution in [3.8, 4) is 6.07 Å².